The number of hydrogen-bond donors (Lipinski definition) is 3. The fourth-order valence-electron chi connectivity index (χ4n) is 1.15. The Hall–Kier alpha value is -1.35. The largest absolute Gasteiger partial charge is 0.490 e. The lowest BCUT2D eigenvalue weighted by Crippen LogP contribution is -2.36. The Bertz CT molecular complexity index is 274. The maximum absolute atomic E-state index is 10.6. The van der Waals surface area contributed by atoms with Crippen molar-refractivity contribution in [2.45, 2.75) is 19.0 Å². The zero-order chi connectivity index (χ0) is 13.6. The third-order valence-electron chi connectivity index (χ3n) is 2.12. The van der Waals surface area contributed by atoms with Crippen LogP contribution in [0.25, 0.3) is 0 Å². The van der Waals surface area contributed by atoms with Gasteiger partial charge in [0.1, 0.15) is 0 Å². The molecule has 0 unspecified atom stereocenters. The molecular weight excluding hydrogens is 245 g/mol. The quantitative estimate of drug-likeness (QED) is 0.623. The molecule has 1 fully saturated rings. The van der Waals surface area contributed by atoms with Crippen molar-refractivity contribution in [3.8, 4) is 0 Å². The van der Waals surface area contributed by atoms with Crippen LogP contribution in [0.2, 0.25) is 0 Å². The summed E-state index contributed by atoms with van der Waals surface area (Å²) in [7, 11) is 0. The maximum atomic E-state index is 10.6. The Kier molecular flexibility index (Phi) is 5.89. The summed E-state index contributed by atoms with van der Waals surface area (Å²) < 4.78 is 31.7. The van der Waals surface area contributed by atoms with Gasteiger partial charge in [-0.25, -0.2) is 4.79 Å². The number of nitrogens with two attached hydrogens (primary N) is 1. The summed E-state index contributed by atoms with van der Waals surface area (Å²) in [6.45, 7) is 1.13. The van der Waals surface area contributed by atoms with Gasteiger partial charge >= 0.3 is 12.1 Å². The van der Waals surface area contributed by atoms with Crippen LogP contribution in [0.15, 0.2) is 0 Å². The Morgan fingerprint density at radius 3 is 1.82 bits per heavy atom. The van der Waals surface area contributed by atoms with Crippen molar-refractivity contribution >= 4 is 11.9 Å². The van der Waals surface area contributed by atoms with E-state index in [-0.39, 0.29) is 11.8 Å². The highest BCUT2D eigenvalue weighted by atomic mass is 19.4. The van der Waals surface area contributed by atoms with Gasteiger partial charge < -0.3 is 16.0 Å². The van der Waals surface area contributed by atoms with Crippen molar-refractivity contribution in [2.24, 2.45) is 11.7 Å². The van der Waals surface area contributed by atoms with Crippen molar-refractivity contribution in [1.29, 1.82) is 0 Å². The number of hydroxylamine groups is 2. The highest BCUT2D eigenvalue weighted by Gasteiger charge is 2.38. The van der Waals surface area contributed by atoms with E-state index in [1.165, 1.54) is 5.06 Å². The molecule has 1 aliphatic rings. The molecule has 0 saturated carbocycles. The molecule has 0 bridgehead atoms. The minimum absolute atomic E-state index is 0.0246. The van der Waals surface area contributed by atoms with Gasteiger partial charge in [-0.2, -0.15) is 18.2 Å². The topological polar surface area (TPSA) is 104 Å². The average molecular weight is 258 g/mol. The number of carboxylic acids is 1. The second kappa shape index (κ2) is 6.40. The summed E-state index contributed by atoms with van der Waals surface area (Å²) in [6.07, 6.45) is -3.71. The van der Waals surface area contributed by atoms with E-state index in [1.807, 2.05) is 0 Å². The first kappa shape index (κ1) is 15.7. The van der Waals surface area contributed by atoms with E-state index in [1.54, 1.807) is 0 Å². The van der Waals surface area contributed by atoms with Crippen LogP contribution in [-0.2, 0) is 9.59 Å². The van der Waals surface area contributed by atoms with E-state index in [0.29, 0.717) is 25.9 Å². The molecule has 0 aromatic heterocycles. The molecule has 0 aliphatic carbocycles. The molecule has 100 valence electrons. The molecule has 0 radical (unpaired) electrons. The zero-order valence-electron chi connectivity index (χ0n) is 8.78. The lowest BCUT2D eigenvalue weighted by Gasteiger charge is -2.24. The van der Waals surface area contributed by atoms with E-state index in [2.05, 4.69) is 0 Å². The Balaban J connectivity index is 0.000000325. The summed E-state index contributed by atoms with van der Waals surface area (Å²) in [5.74, 6) is -3.02. The molecule has 0 spiro atoms. The van der Waals surface area contributed by atoms with Crippen LogP contribution in [0.5, 0.6) is 0 Å². The average Bonchev–Trinajstić information content (AvgIpc) is 2.17. The molecule has 1 saturated heterocycles. The second-order valence-electron chi connectivity index (χ2n) is 3.43. The van der Waals surface area contributed by atoms with Crippen molar-refractivity contribution in [1.82, 2.24) is 5.06 Å². The first-order chi connectivity index (χ1) is 7.64. The number of piperidine rings is 1. The van der Waals surface area contributed by atoms with E-state index >= 15 is 0 Å². The van der Waals surface area contributed by atoms with E-state index < -0.39 is 12.1 Å². The predicted octanol–water partition coefficient (Wildman–Crippen LogP) is 0.206. The summed E-state index contributed by atoms with van der Waals surface area (Å²) in [6, 6.07) is 0. The van der Waals surface area contributed by atoms with Gasteiger partial charge in [-0.3, -0.25) is 4.79 Å². The summed E-state index contributed by atoms with van der Waals surface area (Å²) in [4.78, 5) is 19.5. The smallest absolute Gasteiger partial charge is 0.475 e. The Morgan fingerprint density at radius 1 is 1.24 bits per heavy atom. The van der Waals surface area contributed by atoms with Gasteiger partial charge in [0.15, 0.2) is 0 Å². The fraction of sp³-hybridized carbons (Fsp3) is 0.750. The van der Waals surface area contributed by atoms with Crippen LogP contribution in [-0.4, -0.2) is 46.5 Å². The number of carboxylic acid groups (broad SMARTS) is 1. The van der Waals surface area contributed by atoms with Crippen LogP contribution in [0.3, 0.4) is 0 Å². The van der Waals surface area contributed by atoms with E-state index in [0.717, 1.165) is 0 Å². The fourth-order valence-corrected chi connectivity index (χ4v) is 1.15. The number of amides is 1. The number of hydrogen-bond acceptors (Lipinski definition) is 4. The number of alkyl halides is 3. The predicted molar refractivity (Wildman–Crippen MR) is 49.0 cm³/mol. The molecular formula is C8H13F3N2O4. The number of halogens is 3. The molecule has 0 atom stereocenters. The lowest BCUT2D eigenvalue weighted by molar-refractivity contribution is -0.192. The summed E-state index contributed by atoms with van der Waals surface area (Å²) in [5.41, 5.74) is 5.07. The highest BCUT2D eigenvalue weighted by Crippen LogP contribution is 2.14. The Labute approximate surface area is 94.8 Å². The van der Waals surface area contributed by atoms with Crippen molar-refractivity contribution < 1.29 is 33.1 Å². The molecule has 6 nitrogen and oxygen atoms in total. The first-order valence-corrected chi connectivity index (χ1v) is 4.68. The molecule has 0 aromatic carbocycles. The number of rotatable bonds is 1. The third-order valence-corrected chi connectivity index (χ3v) is 2.12. The minimum Gasteiger partial charge on any atom is -0.475 e. The van der Waals surface area contributed by atoms with Crippen LogP contribution in [0.4, 0.5) is 13.2 Å². The summed E-state index contributed by atoms with van der Waals surface area (Å²) >= 11 is 0. The van der Waals surface area contributed by atoms with Crippen LogP contribution >= 0.6 is 0 Å². The number of nitrogens with zero attached hydrogens (tertiary/aromatic N) is 1. The molecule has 1 rings (SSSR count). The molecule has 17 heavy (non-hydrogen) atoms. The molecule has 1 aliphatic heterocycles. The SMILES string of the molecule is NC(=O)C1CCN(O)CC1.O=C(O)C(F)(F)F. The third kappa shape index (κ3) is 6.74. The minimum atomic E-state index is -5.08. The lowest BCUT2D eigenvalue weighted by atomic mass is 9.98. The first-order valence-electron chi connectivity index (χ1n) is 4.68. The summed E-state index contributed by atoms with van der Waals surface area (Å²) in [5, 5.41) is 17.2. The number of primary amides is 1. The maximum Gasteiger partial charge on any atom is 0.490 e. The zero-order valence-corrected chi connectivity index (χ0v) is 8.78. The van der Waals surface area contributed by atoms with Crippen LogP contribution in [0, 0.1) is 5.92 Å². The molecule has 1 amide bonds. The van der Waals surface area contributed by atoms with Gasteiger partial charge in [0.2, 0.25) is 5.91 Å². The van der Waals surface area contributed by atoms with Gasteiger partial charge in [0.25, 0.3) is 0 Å². The second-order valence-corrected chi connectivity index (χ2v) is 3.43. The van der Waals surface area contributed by atoms with Crippen molar-refractivity contribution in [3.05, 3.63) is 0 Å². The molecule has 4 N–H and O–H groups in total. The standard InChI is InChI=1S/C6H12N2O2.C2HF3O2/c7-6(9)5-1-3-8(10)4-2-5;3-2(4,5)1(6)7/h5,10H,1-4H2,(H2,7,9);(H,6,7). The molecule has 9 heteroatoms. The monoisotopic (exact) mass is 258 g/mol. The van der Waals surface area contributed by atoms with Gasteiger partial charge in [0.05, 0.1) is 0 Å². The van der Waals surface area contributed by atoms with Crippen molar-refractivity contribution in [2.75, 3.05) is 13.1 Å². The highest BCUT2D eigenvalue weighted by molar-refractivity contribution is 5.76. The number of aliphatic carboxylic acids is 1. The number of carbonyl (C=O) groups excluding carboxylic acids is 1. The van der Waals surface area contributed by atoms with E-state index in [9.17, 15) is 18.0 Å². The van der Waals surface area contributed by atoms with Crippen LogP contribution < -0.4 is 5.73 Å². The number of carbonyl (C=O) groups is 2. The van der Waals surface area contributed by atoms with Crippen LogP contribution in [0.1, 0.15) is 12.8 Å². The van der Waals surface area contributed by atoms with Gasteiger partial charge in [0, 0.05) is 19.0 Å². The van der Waals surface area contributed by atoms with Gasteiger partial charge in [-0.1, -0.05) is 0 Å². The van der Waals surface area contributed by atoms with Crippen molar-refractivity contribution in [3.63, 3.8) is 0 Å². The van der Waals surface area contributed by atoms with Gasteiger partial charge in [-0.15, -0.1) is 0 Å². The Morgan fingerprint density at radius 2 is 1.59 bits per heavy atom. The van der Waals surface area contributed by atoms with Gasteiger partial charge in [-0.05, 0) is 12.8 Å². The normalized spacial score (nSPS) is 18.1. The molecule has 1 heterocycles. The van der Waals surface area contributed by atoms with E-state index in [4.69, 9.17) is 20.8 Å². The molecule has 0 aromatic rings.